The Morgan fingerprint density at radius 3 is 2.52 bits per heavy atom. The van der Waals surface area contributed by atoms with Crippen molar-refractivity contribution in [2.75, 3.05) is 33.0 Å². The van der Waals surface area contributed by atoms with E-state index < -0.39 is 6.04 Å². The molecular weight excluding hydrogens is 346 g/mol. The van der Waals surface area contributed by atoms with Gasteiger partial charge in [-0.25, -0.2) is 4.79 Å². The first-order chi connectivity index (χ1) is 13.2. The number of piperazine rings is 1. The third-order valence-corrected chi connectivity index (χ3v) is 4.72. The zero-order valence-corrected chi connectivity index (χ0v) is 14.7. The Labute approximate surface area is 157 Å². The van der Waals surface area contributed by atoms with Gasteiger partial charge in [-0.05, 0) is 29.8 Å². The van der Waals surface area contributed by atoms with Gasteiger partial charge in [-0.15, -0.1) is 0 Å². The number of ether oxygens (including phenoxy) is 3. The molecule has 1 fully saturated rings. The third-order valence-electron chi connectivity index (χ3n) is 4.72. The van der Waals surface area contributed by atoms with Crippen LogP contribution in [0.1, 0.15) is 11.6 Å². The van der Waals surface area contributed by atoms with Gasteiger partial charge in [-0.3, -0.25) is 4.90 Å². The highest BCUT2D eigenvalue weighted by Gasteiger charge is 2.29. The van der Waals surface area contributed by atoms with Crippen LogP contribution in [0.15, 0.2) is 48.5 Å². The molecule has 0 aromatic heterocycles. The number of rotatable bonds is 3. The first-order valence-corrected chi connectivity index (χ1v) is 8.79. The Kier molecular flexibility index (Phi) is 4.81. The highest BCUT2D eigenvalue weighted by Crippen LogP contribution is 2.35. The second-order valence-electron chi connectivity index (χ2n) is 6.35. The topological polar surface area (TPSA) is 75.0 Å². The van der Waals surface area contributed by atoms with Crippen molar-refractivity contribution in [1.29, 1.82) is 5.26 Å². The van der Waals surface area contributed by atoms with Crippen molar-refractivity contribution in [3.05, 3.63) is 54.1 Å². The Hall–Kier alpha value is -3.24. The summed E-state index contributed by atoms with van der Waals surface area (Å²) in [5.41, 5.74) is 0.863. The number of nitriles is 1. The van der Waals surface area contributed by atoms with Gasteiger partial charge in [0.25, 0.3) is 0 Å². The lowest BCUT2D eigenvalue weighted by atomic mass is 10.0. The predicted molar refractivity (Wildman–Crippen MR) is 96.5 cm³/mol. The Balaban J connectivity index is 1.38. The van der Waals surface area contributed by atoms with Crippen LogP contribution in [0.4, 0.5) is 4.79 Å². The van der Waals surface area contributed by atoms with Crippen LogP contribution in [-0.4, -0.2) is 48.9 Å². The summed E-state index contributed by atoms with van der Waals surface area (Å²) in [4.78, 5) is 16.0. The summed E-state index contributed by atoms with van der Waals surface area (Å²) >= 11 is 0. The predicted octanol–water partition coefficient (Wildman–Crippen LogP) is 2.80. The van der Waals surface area contributed by atoms with E-state index in [0.29, 0.717) is 43.4 Å². The van der Waals surface area contributed by atoms with Crippen LogP contribution in [0.25, 0.3) is 0 Å². The minimum Gasteiger partial charge on any atom is -0.454 e. The van der Waals surface area contributed by atoms with Crippen molar-refractivity contribution in [1.82, 2.24) is 9.80 Å². The van der Waals surface area contributed by atoms with Crippen LogP contribution in [0.5, 0.6) is 17.2 Å². The monoisotopic (exact) mass is 365 g/mol. The normalized spacial score (nSPS) is 17.2. The van der Waals surface area contributed by atoms with E-state index in [2.05, 4.69) is 11.0 Å². The van der Waals surface area contributed by atoms with Crippen molar-refractivity contribution in [3.63, 3.8) is 0 Å². The van der Waals surface area contributed by atoms with Gasteiger partial charge >= 0.3 is 6.09 Å². The van der Waals surface area contributed by atoms with Crippen molar-refractivity contribution in [3.8, 4) is 23.3 Å². The fourth-order valence-electron chi connectivity index (χ4n) is 3.27. The van der Waals surface area contributed by atoms with Crippen LogP contribution in [0, 0.1) is 11.3 Å². The minimum atomic E-state index is -0.396. The molecule has 0 N–H and O–H groups in total. The van der Waals surface area contributed by atoms with Crippen LogP contribution < -0.4 is 14.2 Å². The largest absolute Gasteiger partial charge is 0.454 e. The molecule has 1 amide bonds. The molecule has 2 aromatic rings. The number of benzene rings is 2. The minimum absolute atomic E-state index is 0.207. The maximum absolute atomic E-state index is 12.3. The van der Waals surface area contributed by atoms with Gasteiger partial charge in [0.2, 0.25) is 6.79 Å². The molecule has 2 aliphatic rings. The lowest BCUT2D eigenvalue weighted by Gasteiger charge is -2.36. The molecule has 1 atom stereocenters. The quantitative estimate of drug-likeness (QED) is 0.833. The van der Waals surface area contributed by atoms with E-state index in [1.165, 1.54) is 0 Å². The molecule has 0 spiro atoms. The van der Waals surface area contributed by atoms with Crippen LogP contribution in [0.3, 0.4) is 0 Å². The molecule has 2 aliphatic heterocycles. The number of amides is 1. The van der Waals surface area contributed by atoms with E-state index >= 15 is 0 Å². The van der Waals surface area contributed by atoms with Crippen molar-refractivity contribution in [2.24, 2.45) is 0 Å². The fraction of sp³-hybridized carbons (Fsp3) is 0.300. The molecule has 138 valence electrons. The Morgan fingerprint density at radius 1 is 1.04 bits per heavy atom. The summed E-state index contributed by atoms with van der Waals surface area (Å²) in [5, 5.41) is 9.68. The van der Waals surface area contributed by atoms with Crippen LogP contribution in [0.2, 0.25) is 0 Å². The molecule has 4 rings (SSSR count). The van der Waals surface area contributed by atoms with Gasteiger partial charge in [0.1, 0.15) is 11.8 Å². The molecule has 1 unspecified atom stereocenters. The summed E-state index contributed by atoms with van der Waals surface area (Å²) in [6, 6.07) is 16.5. The highest BCUT2D eigenvalue weighted by atomic mass is 16.7. The molecule has 2 aromatic carbocycles. The van der Waals surface area contributed by atoms with Gasteiger partial charge in [-0.1, -0.05) is 24.3 Å². The highest BCUT2D eigenvalue weighted by molar-refractivity contribution is 5.70. The maximum atomic E-state index is 12.3. The smallest absolute Gasteiger partial charge is 0.415 e. The number of carbonyl (C=O) groups is 1. The standard InChI is InChI=1S/C20H19N3O4/c21-13-17(15-6-7-18-19(12-15)26-14-25-18)22-8-10-23(11-9-22)20(24)27-16-4-2-1-3-5-16/h1-7,12,17H,8-11,14H2. The molecule has 1 saturated heterocycles. The van der Waals surface area contributed by atoms with Gasteiger partial charge in [0.05, 0.1) is 6.07 Å². The van der Waals surface area contributed by atoms with Gasteiger partial charge in [-0.2, -0.15) is 5.26 Å². The zero-order chi connectivity index (χ0) is 18.6. The second kappa shape index (κ2) is 7.56. The Bertz CT molecular complexity index is 857. The number of nitrogens with zero attached hydrogens (tertiary/aromatic N) is 3. The molecule has 0 radical (unpaired) electrons. The lowest BCUT2D eigenvalue weighted by Crippen LogP contribution is -2.50. The Morgan fingerprint density at radius 2 is 1.78 bits per heavy atom. The molecule has 0 bridgehead atoms. The summed E-state index contributed by atoms with van der Waals surface area (Å²) in [5.74, 6) is 1.89. The molecule has 0 aliphatic carbocycles. The van der Waals surface area contributed by atoms with Gasteiger partial charge in [0.15, 0.2) is 11.5 Å². The van der Waals surface area contributed by atoms with E-state index in [0.717, 1.165) is 5.56 Å². The fourth-order valence-corrected chi connectivity index (χ4v) is 3.27. The van der Waals surface area contributed by atoms with E-state index in [1.807, 2.05) is 36.4 Å². The van der Waals surface area contributed by atoms with Gasteiger partial charge < -0.3 is 19.1 Å². The first kappa shape index (κ1) is 17.2. The molecule has 7 nitrogen and oxygen atoms in total. The summed E-state index contributed by atoms with van der Waals surface area (Å²) < 4.78 is 16.1. The number of fused-ring (bicyclic) bond motifs is 1. The first-order valence-electron chi connectivity index (χ1n) is 8.79. The molecule has 27 heavy (non-hydrogen) atoms. The summed E-state index contributed by atoms with van der Waals surface area (Å²) in [6.45, 7) is 2.41. The number of para-hydroxylation sites is 1. The average Bonchev–Trinajstić information content (AvgIpc) is 3.18. The van der Waals surface area contributed by atoms with Gasteiger partial charge in [0, 0.05) is 26.2 Å². The van der Waals surface area contributed by atoms with E-state index in [1.54, 1.807) is 17.0 Å². The number of carbonyl (C=O) groups excluding carboxylic acids is 1. The molecule has 7 heteroatoms. The molecule has 0 saturated carbocycles. The SMILES string of the molecule is N#CC(c1ccc2c(c1)OCO2)N1CCN(C(=O)Oc2ccccc2)CC1. The lowest BCUT2D eigenvalue weighted by molar-refractivity contribution is 0.100. The average molecular weight is 365 g/mol. The van der Waals surface area contributed by atoms with Crippen LogP contribution in [-0.2, 0) is 0 Å². The van der Waals surface area contributed by atoms with Crippen molar-refractivity contribution < 1.29 is 19.0 Å². The van der Waals surface area contributed by atoms with Crippen LogP contribution >= 0.6 is 0 Å². The van der Waals surface area contributed by atoms with E-state index in [4.69, 9.17) is 14.2 Å². The second-order valence-corrected chi connectivity index (χ2v) is 6.35. The number of hydrogen-bond acceptors (Lipinski definition) is 6. The van der Waals surface area contributed by atoms with Crippen molar-refractivity contribution >= 4 is 6.09 Å². The third kappa shape index (κ3) is 3.66. The van der Waals surface area contributed by atoms with E-state index in [9.17, 15) is 10.1 Å². The summed E-state index contributed by atoms with van der Waals surface area (Å²) in [7, 11) is 0. The van der Waals surface area contributed by atoms with E-state index in [-0.39, 0.29) is 12.9 Å². The molecule has 2 heterocycles. The molecular formula is C20H19N3O4. The number of hydrogen-bond donors (Lipinski definition) is 0. The van der Waals surface area contributed by atoms with Crippen molar-refractivity contribution in [2.45, 2.75) is 6.04 Å². The zero-order valence-electron chi connectivity index (χ0n) is 14.7. The maximum Gasteiger partial charge on any atom is 0.415 e. The summed E-state index contributed by atoms with van der Waals surface area (Å²) in [6.07, 6.45) is -0.363.